The van der Waals surface area contributed by atoms with Crippen molar-refractivity contribution >= 4 is 11.6 Å². The molecule has 19 heavy (non-hydrogen) atoms. The maximum absolute atomic E-state index is 6.12. The van der Waals surface area contributed by atoms with Crippen molar-refractivity contribution in [1.82, 2.24) is 9.55 Å². The van der Waals surface area contributed by atoms with Crippen molar-refractivity contribution in [2.75, 3.05) is 6.61 Å². The molecule has 2 rings (SSSR count). The second-order valence-corrected chi connectivity index (χ2v) is 4.79. The molecule has 0 aliphatic rings. The van der Waals surface area contributed by atoms with Gasteiger partial charge in [0.05, 0.1) is 6.04 Å². The number of nitrogens with two attached hydrogens (primary N) is 1. The Kier molecular flexibility index (Phi) is 4.82. The van der Waals surface area contributed by atoms with Crippen LogP contribution in [-0.2, 0) is 6.54 Å². The maximum Gasteiger partial charge on any atom is 0.129 e. The highest BCUT2D eigenvalue weighted by Crippen LogP contribution is 2.18. The number of hydrogen-bond donors (Lipinski definition) is 1. The van der Waals surface area contributed by atoms with E-state index in [2.05, 4.69) is 16.5 Å². The molecule has 0 bridgehead atoms. The molecular weight excluding hydrogens is 262 g/mol. The molecule has 1 heterocycles. The Morgan fingerprint density at radius 3 is 3.05 bits per heavy atom. The summed E-state index contributed by atoms with van der Waals surface area (Å²) in [7, 11) is 0. The number of aromatic nitrogens is 2. The Hall–Kier alpha value is -1.52. The smallest absolute Gasteiger partial charge is 0.129 e. The molecule has 0 radical (unpaired) electrons. The lowest BCUT2D eigenvalue weighted by Gasteiger charge is -2.14. The predicted octanol–water partition coefficient (Wildman–Crippen LogP) is 3.03. The Balaban J connectivity index is 1.97. The van der Waals surface area contributed by atoms with E-state index < -0.39 is 0 Å². The molecule has 2 N–H and O–H groups in total. The fourth-order valence-corrected chi connectivity index (χ4v) is 2.08. The van der Waals surface area contributed by atoms with Crippen molar-refractivity contribution in [3.63, 3.8) is 0 Å². The van der Waals surface area contributed by atoms with Gasteiger partial charge in [0, 0.05) is 24.0 Å². The lowest BCUT2D eigenvalue weighted by Crippen LogP contribution is -2.23. The summed E-state index contributed by atoms with van der Waals surface area (Å²) in [6, 6.07) is 7.04. The fraction of sp³-hybridized carbons (Fsp3) is 0.357. The van der Waals surface area contributed by atoms with E-state index in [0.717, 1.165) is 24.5 Å². The Morgan fingerprint density at radius 1 is 1.47 bits per heavy atom. The highest BCUT2D eigenvalue weighted by Gasteiger charge is 2.13. The minimum atomic E-state index is -0.250. The van der Waals surface area contributed by atoms with Crippen molar-refractivity contribution in [3.8, 4) is 5.75 Å². The molecule has 5 heteroatoms. The molecular formula is C14H18ClN3O. The number of hydrogen-bond acceptors (Lipinski definition) is 3. The predicted molar refractivity (Wildman–Crippen MR) is 76.4 cm³/mol. The number of halogens is 1. The van der Waals surface area contributed by atoms with E-state index in [9.17, 15) is 0 Å². The van der Waals surface area contributed by atoms with E-state index >= 15 is 0 Å². The maximum atomic E-state index is 6.12. The zero-order chi connectivity index (χ0) is 13.7. The molecule has 1 atom stereocenters. The third kappa shape index (κ3) is 3.72. The van der Waals surface area contributed by atoms with Gasteiger partial charge in [0.25, 0.3) is 0 Å². The molecule has 0 amide bonds. The largest absolute Gasteiger partial charge is 0.491 e. The first-order valence-electron chi connectivity index (χ1n) is 6.35. The SMILES string of the molecule is CCCn1ccnc1C(N)COc1cccc(Cl)c1. The van der Waals surface area contributed by atoms with Gasteiger partial charge in [0.15, 0.2) is 0 Å². The topological polar surface area (TPSA) is 53.1 Å². The number of benzene rings is 1. The molecule has 1 unspecified atom stereocenters. The van der Waals surface area contributed by atoms with Gasteiger partial charge in [-0.3, -0.25) is 0 Å². The highest BCUT2D eigenvalue weighted by atomic mass is 35.5. The summed E-state index contributed by atoms with van der Waals surface area (Å²) in [5.41, 5.74) is 6.12. The second kappa shape index (κ2) is 6.59. The van der Waals surface area contributed by atoms with E-state index in [1.165, 1.54) is 0 Å². The van der Waals surface area contributed by atoms with E-state index in [-0.39, 0.29) is 6.04 Å². The van der Waals surface area contributed by atoms with Crippen molar-refractivity contribution in [3.05, 3.63) is 47.5 Å². The summed E-state index contributed by atoms with van der Waals surface area (Å²) in [6.45, 7) is 3.42. The van der Waals surface area contributed by atoms with Crippen LogP contribution in [0.1, 0.15) is 25.2 Å². The molecule has 0 fully saturated rings. The van der Waals surface area contributed by atoms with Gasteiger partial charge in [-0.2, -0.15) is 0 Å². The van der Waals surface area contributed by atoms with E-state index in [4.69, 9.17) is 22.1 Å². The summed E-state index contributed by atoms with van der Waals surface area (Å²) in [5, 5.41) is 0.651. The zero-order valence-electron chi connectivity index (χ0n) is 10.9. The Morgan fingerprint density at radius 2 is 2.32 bits per heavy atom. The van der Waals surface area contributed by atoms with Crippen LogP contribution in [0.15, 0.2) is 36.7 Å². The first-order chi connectivity index (χ1) is 9.20. The van der Waals surface area contributed by atoms with Crippen LogP contribution in [-0.4, -0.2) is 16.2 Å². The lowest BCUT2D eigenvalue weighted by atomic mass is 10.3. The number of aryl methyl sites for hydroxylation is 1. The van der Waals surface area contributed by atoms with Crippen LogP contribution in [0, 0.1) is 0 Å². The highest BCUT2D eigenvalue weighted by molar-refractivity contribution is 6.30. The average molecular weight is 280 g/mol. The zero-order valence-corrected chi connectivity index (χ0v) is 11.7. The Bertz CT molecular complexity index is 527. The van der Waals surface area contributed by atoms with Gasteiger partial charge in [-0.05, 0) is 24.6 Å². The summed E-state index contributed by atoms with van der Waals surface area (Å²) in [5.74, 6) is 1.57. The fourth-order valence-electron chi connectivity index (χ4n) is 1.90. The van der Waals surface area contributed by atoms with Crippen molar-refractivity contribution in [2.45, 2.75) is 25.9 Å². The van der Waals surface area contributed by atoms with Gasteiger partial charge >= 0.3 is 0 Å². The van der Waals surface area contributed by atoms with Crippen LogP contribution < -0.4 is 10.5 Å². The molecule has 0 aliphatic heterocycles. The van der Waals surface area contributed by atoms with Gasteiger partial charge in [-0.1, -0.05) is 24.6 Å². The van der Waals surface area contributed by atoms with Crippen LogP contribution >= 0.6 is 11.6 Å². The summed E-state index contributed by atoms with van der Waals surface area (Å²) in [4.78, 5) is 4.30. The van der Waals surface area contributed by atoms with Crippen molar-refractivity contribution in [2.24, 2.45) is 5.73 Å². The number of rotatable bonds is 6. The lowest BCUT2D eigenvalue weighted by molar-refractivity contribution is 0.282. The summed E-state index contributed by atoms with van der Waals surface area (Å²) >= 11 is 5.90. The summed E-state index contributed by atoms with van der Waals surface area (Å²) < 4.78 is 7.70. The van der Waals surface area contributed by atoms with Crippen LogP contribution in [0.25, 0.3) is 0 Å². The van der Waals surface area contributed by atoms with Crippen molar-refractivity contribution in [1.29, 1.82) is 0 Å². The first kappa shape index (κ1) is 13.9. The van der Waals surface area contributed by atoms with Crippen LogP contribution in [0.5, 0.6) is 5.75 Å². The molecule has 0 aliphatic carbocycles. The standard InChI is InChI=1S/C14H18ClN3O/c1-2-7-18-8-6-17-14(18)13(16)10-19-12-5-3-4-11(15)9-12/h3-6,8-9,13H,2,7,10,16H2,1H3. The van der Waals surface area contributed by atoms with E-state index in [1.54, 1.807) is 12.3 Å². The van der Waals surface area contributed by atoms with Gasteiger partial charge in [0.2, 0.25) is 0 Å². The molecule has 2 aromatic rings. The first-order valence-corrected chi connectivity index (χ1v) is 6.73. The van der Waals surface area contributed by atoms with Gasteiger partial charge in [-0.15, -0.1) is 0 Å². The molecule has 1 aromatic carbocycles. The molecule has 4 nitrogen and oxygen atoms in total. The molecule has 102 valence electrons. The minimum Gasteiger partial charge on any atom is -0.491 e. The van der Waals surface area contributed by atoms with Gasteiger partial charge in [-0.25, -0.2) is 4.98 Å². The third-order valence-electron chi connectivity index (χ3n) is 2.77. The number of ether oxygens (including phenoxy) is 1. The van der Waals surface area contributed by atoms with E-state index in [0.29, 0.717) is 11.6 Å². The quantitative estimate of drug-likeness (QED) is 0.884. The molecule has 1 aromatic heterocycles. The van der Waals surface area contributed by atoms with Crippen LogP contribution in [0.2, 0.25) is 5.02 Å². The number of imidazole rings is 1. The normalized spacial score (nSPS) is 12.4. The molecule has 0 spiro atoms. The van der Waals surface area contributed by atoms with Crippen LogP contribution in [0.3, 0.4) is 0 Å². The molecule has 0 saturated carbocycles. The average Bonchev–Trinajstić information content (AvgIpc) is 2.85. The van der Waals surface area contributed by atoms with Crippen LogP contribution in [0.4, 0.5) is 0 Å². The third-order valence-corrected chi connectivity index (χ3v) is 3.00. The molecule has 0 saturated heterocycles. The van der Waals surface area contributed by atoms with Crippen molar-refractivity contribution < 1.29 is 4.74 Å². The van der Waals surface area contributed by atoms with E-state index in [1.807, 2.05) is 24.4 Å². The van der Waals surface area contributed by atoms with Gasteiger partial charge in [0.1, 0.15) is 18.2 Å². The second-order valence-electron chi connectivity index (χ2n) is 4.35. The van der Waals surface area contributed by atoms with Gasteiger partial charge < -0.3 is 15.0 Å². The summed E-state index contributed by atoms with van der Waals surface area (Å²) in [6.07, 6.45) is 4.76. The number of nitrogens with zero attached hydrogens (tertiary/aromatic N) is 2. The minimum absolute atomic E-state index is 0.250. The monoisotopic (exact) mass is 279 g/mol. The Labute approximate surface area is 118 Å².